The summed E-state index contributed by atoms with van der Waals surface area (Å²) in [7, 11) is 1.70. The first-order valence-corrected chi connectivity index (χ1v) is 6.60. The molecule has 1 heterocycles. The normalized spacial score (nSPS) is 11.3. The molecule has 0 fully saturated rings. The van der Waals surface area contributed by atoms with Crippen molar-refractivity contribution in [3.8, 4) is 11.6 Å². The molecule has 0 unspecified atom stereocenters. The summed E-state index contributed by atoms with van der Waals surface area (Å²) >= 11 is 0. The molecule has 6 heteroatoms. The number of hydrogen-bond acceptors (Lipinski definition) is 4. The Morgan fingerprint density at radius 3 is 2.50 bits per heavy atom. The summed E-state index contributed by atoms with van der Waals surface area (Å²) in [5.74, 6) is -0.908. The van der Waals surface area contributed by atoms with E-state index >= 15 is 0 Å². The molecule has 0 aliphatic carbocycles. The molecule has 0 saturated carbocycles. The maximum atomic E-state index is 12.0. The molecule has 1 amide bonds. The van der Waals surface area contributed by atoms with Crippen LogP contribution in [0.2, 0.25) is 0 Å². The number of nitrogens with zero attached hydrogens (tertiary/aromatic N) is 3. The molecule has 0 bridgehead atoms. The van der Waals surface area contributed by atoms with E-state index in [1.165, 1.54) is 12.1 Å². The Bertz CT molecular complexity index is 897. The molecule has 2 N–H and O–H groups in total. The molecule has 0 aliphatic heterocycles. The Morgan fingerprint density at radius 2 is 1.73 bits per heavy atom. The minimum Gasteiger partial charge on any atom is -0.507 e. The van der Waals surface area contributed by atoms with Gasteiger partial charge in [-0.05, 0) is 18.2 Å². The monoisotopic (exact) mass is 295 g/mol. The molecule has 2 aromatic carbocycles. The van der Waals surface area contributed by atoms with Gasteiger partial charge in [-0.2, -0.15) is 0 Å². The Balaban J connectivity index is 2.02. The van der Waals surface area contributed by atoms with E-state index < -0.39 is 5.91 Å². The minimum absolute atomic E-state index is 0.0611. The number of fused-ring (bicyclic) bond motifs is 1. The zero-order valence-corrected chi connectivity index (χ0v) is 11.8. The van der Waals surface area contributed by atoms with Crippen LogP contribution >= 0.6 is 0 Å². The van der Waals surface area contributed by atoms with Gasteiger partial charge in [0.05, 0.1) is 11.1 Å². The van der Waals surface area contributed by atoms with Crippen molar-refractivity contribution in [1.29, 1.82) is 0 Å². The summed E-state index contributed by atoms with van der Waals surface area (Å²) in [6, 6.07) is 13.4. The third-order valence-corrected chi connectivity index (χ3v) is 3.43. The fraction of sp³-hybridized carbons (Fsp3) is 0.0625. The van der Waals surface area contributed by atoms with E-state index in [2.05, 4.69) is 10.2 Å². The van der Waals surface area contributed by atoms with Crippen LogP contribution in [0.25, 0.3) is 10.9 Å². The molecular weight excluding hydrogens is 282 g/mol. The van der Waals surface area contributed by atoms with Crippen LogP contribution in [0.15, 0.2) is 58.8 Å². The van der Waals surface area contributed by atoms with Crippen molar-refractivity contribution < 1.29 is 15.0 Å². The van der Waals surface area contributed by atoms with E-state index in [-0.39, 0.29) is 22.9 Å². The van der Waals surface area contributed by atoms with Crippen LogP contribution in [0, 0.1) is 0 Å². The SMILES string of the molecule is Cn1c(O)c(N=NC(=O)c2ccccc2O)c2ccccc21. The number of phenols is 1. The maximum absolute atomic E-state index is 12.0. The largest absolute Gasteiger partial charge is 0.507 e. The van der Waals surface area contributed by atoms with Crippen molar-refractivity contribution in [2.45, 2.75) is 0 Å². The van der Waals surface area contributed by atoms with Crippen LogP contribution in [0.1, 0.15) is 10.4 Å². The molecule has 0 atom stereocenters. The molecule has 3 rings (SSSR count). The van der Waals surface area contributed by atoms with E-state index in [1.54, 1.807) is 29.8 Å². The standard InChI is InChI=1S/C16H13N3O3/c1-19-12-8-4-2-6-10(12)14(16(19)22)17-18-15(21)11-7-3-5-9-13(11)20/h2-9,20,22H,1H3. The highest BCUT2D eigenvalue weighted by molar-refractivity contribution is 5.98. The van der Waals surface area contributed by atoms with Gasteiger partial charge in [-0.3, -0.25) is 4.79 Å². The van der Waals surface area contributed by atoms with E-state index in [9.17, 15) is 15.0 Å². The fourth-order valence-corrected chi connectivity index (χ4v) is 2.26. The minimum atomic E-state index is -0.676. The lowest BCUT2D eigenvalue weighted by atomic mass is 10.2. The fourth-order valence-electron chi connectivity index (χ4n) is 2.26. The predicted molar refractivity (Wildman–Crippen MR) is 81.5 cm³/mol. The van der Waals surface area contributed by atoms with Gasteiger partial charge in [-0.1, -0.05) is 30.3 Å². The van der Waals surface area contributed by atoms with Crippen LogP contribution in [0.3, 0.4) is 0 Å². The number of benzene rings is 2. The number of phenolic OH excluding ortho intramolecular Hbond substituents is 1. The zero-order valence-electron chi connectivity index (χ0n) is 11.8. The van der Waals surface area contributed by atoms with Crippen molar-refractivity contribution in [1.82, 2.24) is 4.57 Å². The van der Waals surface area contributed by atoms with Gasteiger partial charge in [-0.25, -0.2) is 0 Å². The topological polar surface area (TPSA) is 87.2 Å². The number of hydrogen-bond donors (Lipinski definition) is 2. The number of azo groups is 1. The third-order valence-electron chi connectivity index (χ3n) is 3.43. The number of aromatic nitrogens is 1. The highest BCUT2D eigenvalue weighted by Gasteiger charge is 2.15. The van der Waals surface area contributed by atoms with Gasteiger partial charge < -0.3 is 14.8 Å². The predicted octanol–water partition coefficient (Wildman–Crippen LogP) is 3.51. The van der Waals surface area contributed by atoms with Crippen molar-refractivity contribution in [3.63, 3.8) is 0 Å². The van der Waals surface area contributed by atoms with Crippen molar-refractivity contribution in [2.24, 2.45) is 17.3 Å². The van der Waals surface area contributed by atoms with E-state index in [0.717, 1.165) is 5.52 Å². The smallest absolute Gasteiger partial charge is 0.299 e. The number of rotatable bonds is 2. The zero-order chi connectivity index (χ0) is 15.7. The summed E-state index contributed by atoms with van der Waals surface area (Å²) in [5, 5.41) is 27.9. The van der Waals surface area contributed by atoms with Gasteiger partial charge >= 0.3 is 0 Å². The number of aromatic hydroxyl groups is 2. The lowest BCUT2D eigenvalue weighted by Crippen LogP contribution is -1.93. The van der Waals surface area contributed by atoms with Gasteiger partial charge in [0, 0.05) is 12.4 Å². The Hall–Kier alpha value is -3.15. The highest BCUT2D eigenvalue weighted by atomic mass is 16.3. The van der Waals surface area contributed by atoms with Crippen LogP contribution in [0.5, 0.6) is 11.6 Å². The summed E-state index contributed by atoms with van der Waals surface area (Å²) < 4.78 is 1.56. The maximum Gasteiger partial charge on any atom is 0.299 e. The summed E-state index contributed by atoms with van der Waals surface area (Å²) in [5.41, 5.74) is 1.07. The Morgan fingerprint density at radius 1 is 1.05 bits per heavy atom. The number of carbonyl (C=O) groups is 1. The Labute approximate surface area is 126 Å². The van der Waals surface area contributed by atoms with Gasteiger partial charge in [0.1, 0.15) is 5.75 Å². The first-order chi connectivity index (χ1) is 10.6. The highest BCUT2D eigenvalue weighted by Crippen LogP contribution is 2.37. The van der Waals surface area contributed by atoms with E-state index in [4.69, 9.17) is 0 Å². The van der Waals surface area contributed by atoms with E-state index in [1.807, 2.05) is 18.2 Å². The van der Waals surface area contributed by atoms with Crippen molar-refractivity contribution in [2.75, 3.05) is 0 Å². The molecule has 0 spiro atoms. The van der Waals surface area contributed by atoms with Crippen LogP contribution in [0.4, 0.5) is 5.69 Å². The summed E-state index contributed by atoms with van der Waals surface area (Å²) in [6.45, 7) is 0. The number of amides is 1. The van der Waals surface area contributed by atoms with Crippen molar-refractivity contribution in [3.05, 3.63) is 54.1 Å². The lowest BCUT2D eigenvalue weighted by Gasteiger charge is -1.97. The van der Waals surface area contributed by atoms with E-state index in [0.29, 0.717) is 5.39 Å². The molecule has 6 nitrogen and oxygen atoms in total. The van der Waals surface area contributed by atoms with Crippen LogP contribution < -0.4 is 0 Å². The van der Waals surface area contributed by atoms with Gasteiger partial charge in [-0.15, -0.1) is 10.2 Å². The first kappa shape index (κ1) is 13.8. The second-order valence-electron chi connectivity index (χ2n) is 4.77. The number of carbonyl (C=O) groups excluding carboxylic acids is 1. The quantitative estimate of drug-likeness (QED) is 0.709. The molecule has 22 heavy (non-hydrogen) atoms. The molecule has 3 aromatic rings. The molecular formula is C16H13N3O3. The van der Waals surface area contributed by atoms with Gasteiger partial charge in [0.25, 0.3) is 5.91 Å². The molecule has 110 valence electrons. The number of para-hydroxylation sites is 2. The average molecular weight is 295 g/mol. The third kappa shape index (κ3) is 2.20. The van der Waals surface area contributed by atoms with Crippen molar-refractivity contribution >= 4 is 22.5 Å². The molecule has 0 radical (unpaired) electrons. The summed E-state index contributed by atoms with van der Waals surface area (Å²) in [4.78, 5) is 12.0. The molecule has 1 aromatic heterocycles. The Kier molecular flexibility index (Phi) is 3.34. The second kappa shape index (κ2) is 5.33. The van der Waals surface area contributed by atoms with Gasteiger partial charge in [0.15, 0.2) is 5.69 Å². The second-order valence-corrected chi connectivity index (χ2v) is 4.77. The van der Waals surface area contributed by atoms with Crippen LogP contribution in [-0.2, 0) is 7.05 Å². The summed E-state index contributed by atoms with van der Waals surface area (Å²) in [6.07, 6.45) is 0. The molecule has 0 saturated heterocycles. The van der Waals surface area contributed by atoms with Gasteiger partial charge in [0.2, 0.25) is 5.88 Å². The van der Waals surface area contributed by atoms with Crippen LogP contribution in [-0.4, -0.2) is 20.7 Å². The lowest BCUT2D eigenvalue weighted by molar-refractivity contribution is 0.0992. The first-order valence-electron chi connectivity index (χ1n) is 6.60. The average Bonchev–Trinajstić information content (AvgIpc) is 2.77. The molecule has 0 aliphatic rings. The number of aryl methyl sites for hydroxylation is 1.